The van der Waals surface area contributed by atoms with Gasteiger partial charge in [-0.3, -0.25) is 4.99 Å². The normalized spacial score (nSPS) is 16.3. The van der Waals surface area contributed by atoms with Crippen molar-refractivity contribution < 1.29 is 0 Å². The van der Waals surface area contributed by atoms with Gasteiger partial charge in [0.1, 0.15) is 0 Å². The van der Waals surface area contributed by atoms with Crippen molar-refractivity contribution in [2.75, 3.05) is 37.3 Å². The fraction of sp³-hybridized carbons (Fsp3) is 0.632. The SMILES string of the molecule is CCNC(=NCC(C)(C)SC)NC1CCN(c2ccccc2)CC1.I. The molecule has 6 heteroatoms. The summed E-state index contributed by atoms with van der Waals surface area (Å²) in [7, 11) is 0. The second-order valence-electron chi connectivity index (χ2n) is 6.90. The molecule has 0 aliphatic carbocycles. The molecule has 0 saturated carbocycles. The maximum absolute atomic E-state index is 4.79. The molecule has 142 valence electrons. The van der Waals surface area contributed by atoms with Crippen molar-refractivity contribution in [1.29, 1.82) is 0 Å². The van der Waals surface area contributed by atoms with E-state index in [0.29, 0.717) is 6.04 Å². The Labute approximate surface area is 174 Å². The van der Waals surface area contributed by atoms with Gasteiger partial charge >= 0.3 is 0 Å². The molecule has 0 spiro atoms. The molecule has 0 aromatic heterocycles. The zero-order valence-electron chi connectivity index (χ0n) is 15.9. The maximum Gasteiger partial charge on any atom is 0.191 e. The van der Waals surface area contributed by atoms with Gasteiger partial charge in [0, 0.05) is 36.1 Å². The van der Waals surface area contributed by atoms with Crippen LogP contribution in [0.25, 0.3) is 0 Å². The number of guanidine groups is 1. The fourth-order valence-corrected chi connectivity index (χ4v) is 2.96. The molecule has 0 radical (unpaired) electrons. The highest BCUT2D eigenvalue weighted by Crippen LogP contribution is 2.21. The van der Waals surface area contributed by atoms with Crippen molar-refractivity contribution in [3.8, 4) is 0 Å². The van der Waals surface area contributed by atoms with Crippen molar-refractivity contribution in [1.82, 2.24) is 10.6 Å². The lowest BCUT2D eigenvalue weighted by Gasteiger charge is -2.34. The Morgan fingerprint density at radius 1 is 1.24 bits per heavy atom. The zero-order valence-corrected chi connectivity index (χ0v) is 19.1. The Hall–Kier alpha value is -0.630. The Bertz CT molecular complexity index is 513. The minimum atomic E-state index is 0. The highest BCUT2D eigenvalue weighted by atomic mass is 127. The monoisotopic (exact) mass is 476 g/mol. The van der Waals surface area contributed by atoms with Gasteiger partial charge in [-0.2, -0.15) is 11.8 Å². The Kier molecular flexibility index (Phi) is 10.0. The van der Waals surface area contributed by atoms with Crippen LogP contribution in [0.2, 0.25) is 0 Å². The minimum Gasteiger partial charge on any atom is -0.371 e. The maximum atomic E-state index is 4.79. The summed E-state index contributed by atoms with van der Waals surface area (Å²) >= 11 is 1.86. The number of benzene rings is 1. The molecule has 1 fully saturated rings. The van der Waals surface area contributed by atoms with E-state index in [1.807, 2.05) is 11.8 Å². The zero-order chi connectivity index (χ0) is 17.4. The van der Waals surface area contributed by atoms with Crippen molar-refractivity contribution in [2.24, 2.45) is 4.99 Å². The second-order valence-corrected chi connectivity index (χ2v) is 8.41. The van der Waals surface area contributed by atoms with E-state index >= 15 is 0 Å². The van der Waals surface area contributed by atoms with Crippen LogP contribution in [0.15, 0.2) is 35.3 Å². The molecule has 4 nitrogen and oxygen atoms in total. The number of thioether (sulfide) groups is 1. The van der Waals surface area contributed by atoms with E-state index in [-0.39, 0.29) is 28.7 Å². The minimum absolute atomic E-state index is 0. The van der Waals surface area contributed by atoms with Gasteiger partial charge < -0.3 is 15.5 Å². The first-order valence-electron chi connectivity index (χ1n) is 8.94. The molecule has 1 aliphatic rings. The van der Waals surface area contributed by atoms with Gasteiger partial charge in [-0.15, -0.1) is 24.0 Å². The average molecular weight is 476 g/mol. The Morgan fingerprint density at radius 3 is 2.44 bits per heavy atom. The molecule has 0 atom stereocenters. The predicted molar refractivity (Wildman–Crippen MR) is 124 cm³/mol. The quantitative estimate of drug-likeness (QED) is 0.370. The molecule has 2 rings (SSSR count). The standard InChI is InChI=1S/C19H32N4S.HI/c1-5-20-18(21-15-19(2,3)24-4)22-16-11-13-23(14-12-16)17-9-7-6-8-10-17;/h6-10,16H,5,11-15H2,1-4H3,(H2,20,21,22);1H. The van der Waals surface area contributed by atoms with Crippen LogP contribution in [-0.4, -0.2) is 49.2 Å². The molecule has 1 aromatic rings. The lowest BCUT2D eigenvalue weighted by molar-refractivity contribution is 0.461. The molecule has 1 saturated heterocycles. The van der Waals surface area contributed by atoms with Crippen LogP contribution in [-0.2, 0) is 0 Å². The van der Waals surface area contributed by atoms with E-state index in [9.17, 15) is 0 Å². The van der Waals surface area contributed by atoms with Gasteiger partial charge in [-0.25, -0.2) is 0 Å². The van der Waals surface area contributed by atoms with E-state index < -0.39 is 0 Å². The van der Waals surface area contributed by atoms with Crippen LogP contribution in [0.5, 0.6) is 0 Å². The van der Waals surface area contributed by atoms with Crippen molar-refractivity contribution in [2.45, 2.75) is 44.4 Å². The number of halogens is 1. The summed E-state index contributed by atoms with van der Waals surface area (Å²) in [6, 6.07) is 11.2. The summed E-state index contributed by atoms with van der Waals surface area (Å²) in [5.74, 6) is 0.956. The number of aliphatic imine (C=N–C) groups is 1. The van der Waals surface area contributed by atoms with E-state index in [1.165, 1.54) is 5.69 Å². The van der Waals surface area contributed by atoms with E-state index in [4.69, 9.17) is 4.99 Å². The number of nitrogens with zero attached hydrogens (tertiary/aromatic N) is 2. The number of anilines is 1. The Morgan fingerprint density at radius 2 is 1.88 bits per heavy atom. The summed E-state index contributed by atoms with van der Waals surface area (Å²) in [5.41, 5.74) is 1.33. The molecule has 25 heavy (non-hydrogen) atoms. The van der Waals surface area contributed by atoms with Crippen LogP contribution >= 0.6 is 35.7 Å². The molecule has 0 unspecified atom stereocenters. The molecule has 2 N–H and O–H groups in total. The summed E-state index contributed by atoms with van der Waals surface area (Å²) < 4.78 is 0.180. The first-order valence-corrected chi connectivity index (χ1v) is 10.2. The third-order valence-electron chi connectivity index (χ3n) is 4.47. The number of rotatable bonds is 6. The summed E-state index contributed by atoms with van der Waals surface area (Å²) in [4.78, 5) is 7.26. The topological polar surface area (TPSA) is 39.7 Å². The highest BCUT2D eigenvalue weighted by molar-refractivity contribution is 14.0. The molecular weight excluding hydrogens is 443 g/mol. The Balaban J connectivity index is 0.00000312. The lowest BCUT2D eigenvalue weighted by atomic mass is 10.0. The smallest absolute Gasteiger partial charge is 0.191 e. The largest absolute Gasteiger partial charge is 0.371 e. The highest BCUT2D eigenvalue weighted by Gasteiger charge is 2.21. The third kappa shape index (κ3) is 7.64. The van der Waals surface area contributed by atoms with Crippen LogP contribution < -0.4 is 15.5 Å². The summed E-state index contributed by atoms with van der Waals surface area (Å²) in [6.07, 6.45) is 4.44. The number of hydrogen-bond acceptors (Lipinski definition) is 3. The van der Waals surface area contributed by atoms with Gasteiger partial charge in [0.05, 0.1) is 6.54 Å². The van der Waals surface area contributed by atoms with E-state index in [1.54, 1.807) is 0 Å². The van der Waals surface area contributed by atoms with Crippen LogP contribution in [0.3, 0.4) is 0 Å². The molecule has 1 aliphatic heterocycles. The van der Waals surface area contributed by atoms with Gasteiger partial charge in [-0.1, -0.05) is 18.2 Å². The molecule has 0 amide bonds. The molecule has 1 heterocycles. The summed E-state index contributed by atoms with van der Waals surface area (Å²) in [5, 5.41) is 7.01. The second kappa shape index (κ2) is 11.2. The van der Waals surface area contributed by atoms with Crippen molar-refractivity contribution in [3.05, 3.63) is 30.3 Å². The number of para-hydroxylation sites is 1. The average Bonchev–Trinajstić information content (AvgIpc) is 2.61. The van der Waals surface area contributed by atoms with Crippen molar-refractivity contribution in [3.63, 3.8) is 0 Å². The van der Waals surface area contributed by atoms with Crippen molar-refractivity contribution >= 4 is 47.4 Å². The van der Waals surface area contributed by atoms with Gasteiger partial charge in [0.2, 0.25) is 0 Å². The van der Waals surface area contributed by atoms with Gasteiger partial charge in [0.15, 0.2) is 5.96 Å². The first-order chi connectivity index (χ1) is 11.5. The van der Waals surface area contributed by atoms with E-state index in [0.717, 1.165) is 45.0 Å². The van der Waals surface area contributed by atoms with Crippen LogP contribution in [0.1, 0.15) is 33.6 Å². The van der Waals surface area contributed by atoms with Crippen LogP contribution in [0.4, 0.5) is 5.69 Å². The number of piperidine rings is 1. The molecular formula is C19H33IN4S. The number of hydrogen-bond donors (Lipinski definition) is 2. The summed E-state index contributed by atoms with van der Waals surface area (Å²) in [6.45, 7) is 10.5. The van der Waals surface area contributed by atoms with Gasteiger partial charge in [-0.05, 0) is 52.0 Å². The van der Waals surface area contributed by atoms with E-state index in [2.05, 4.69) is 72.9 Å². The number of nitrogens with one attached hydrogen (secondary N) is 2. The fourth-order valence-electron chi connectivity index (χ4n) is 2.77. The van der Waals surface area contributed by atoms with Gasteiger partial charge in [0.25, 0.3) is 0 Å². The lowest BCUT2D eigenvalue weighted by Crippen LogP contribution is -2.49. The molecule has 1 aromatic carbocycles. The first kappa shape index (κ1) is 22.4. The van der Waals surface area contributed by atoms with Crippen LogP contribution in [0, 0.1) is 0 Å². The third-order valence-corrected chi connectivity index (χ3v) is 5.71. The predicted octanol–water partition coefficient (Wildman–Crippen LogP) is 3.97. The molecule has 0 bridgehead atoms.